The molecule has 0 unspecified atom stereocenters. The summed E-state index contributed by atoms with van der Waals surface area (Å²) in [6.45, 7) is 9.55. The van der Waals surface area contributed by atoms with E-state index in [1.54, 1.807) is 0 Å². The molecule has 2 N–H and O–H groups in total. The van der Waals surface area contributed by atoms with E-state index >= 15 is 0 Å². The Morgan fingerprint density at radius 3 is 2.75 bits per heavy atom. The fraction of sp³-hybridized carbons (Fsp3) is 0.808. The van der Waals surface area contributed by atoms with Gasteiger partial charge in [-0.1, -0.05) is 52.2 Å². The van der Waals surface area contributed by atoms with E-state index in [1.807, 2.05) is 12.2 Å². The van der Waals surface area contributed by atoms with Crippen molar-refractivity contribution in [1.29, 1.82) is 0 Å². The number of aliphatic hydroxyl groups excluding tert-OH is 2. The van der Waals surface area contributed by atoms with E-state index in [0.717, 1.165) is 70.3 Å². The first kappa shape index (κ1) is 26.9. The molecule has 2 fully saturated rings. The maximum Gasteiger partial charge on any atom is 0.305 e. The normalized spacial score (nSPS) is 27.2. The molecule has 184 valence electrons. The van der Waals surface area contributed by atoms with Crippen LogP contribution in [0.25, 0.3) is 0 Å². The van der Waals surface area contributed by atoms with Gasteiger partial charge in [-0.25, -0.2) is 0 Å². The lowest BCUT2D eigenvalue weighted by molar-refractivity contribution is -0.144. The van der Waals surface area contributed by atoms with Gasteiger partial charge < -0.3 is 24.6 Å². The molecule has 0 radical (unpaired) electrons. The highest BCUT2D eigenvalue weighted by atomic mass is 16.5. The first-order chi connectivity index (χ1) is 15.5. The number of allylic oxidation sites excluding steroid dienone is 2. The molecule has 1 heterocycles. The van der Waals surface area contributed by atoms with Crippen LogP contribution in [0.15, 0.2) is 24.0 Å². The summed E-state index contributed by atoms with van der Waals surface area (Å²) < 4.78 is 11.4. The number of unbranched alkanes of at least 4 members (excludes halogenated alkanes) is 3. The van der Waals surface area contributed by atoms with Crippen molar-refractivity contribution in [3.05, 3.63) is 24.0 Å². The second kappa shape index (κ2) is 14.7. The molecule has 6 nitrogen and oxygen atoms in total. The van der Waals surface area contributed by atoms with E-state index < -0.39 is 12.2 Å². The van der Waals surface area contributed by atoms with Crippen LogP contribution >= 0.6 is 0 Å². The number of esters is 1. The predicted octanol–water partition coefficient (Wildman–Crippen LogP) is 4.21. The molecule has 0 aromatic carbocycles. The number of nitrogens with zero attached hydrogens (tertiary/aromatic N) is 1. The van der Waals surface area contributed by atoms with E-state index in [0.29, 0.717) is 19.4 Å². The summed E-state index contributed by atoms with van der Waals surface area (Å²) >= 11 is 0. The van der Waals surface area contributed by atoms with Gasteiger partial charge >= 0.3 is 5.97 Å². The SMILES string of the molecule is CCCCC[C@H](O)/C=C/[C@@H]1[C@H]2C/C(=C/CCCC(=O)OCCN(CC)CC)O[C@@H]2C[C@H]1O. The molecule has 0 amide bonds. The molecule has 1 aliphatic carbocycles. The third kappa shape index (κ3) is 8.87. The van der Waals surface area contributed by atoms with Crippen LogP contribution in [0.4, 0.5) is 0 Å². The van der Waals surface area contributed by atoms with Crippen molar-refractivity contribution in [2.24, 2.45) is 11.8 Å². The zero-order valence-corrected chi connectivity index (χ0v) is 20.4. The van der Waals surface area contributed by atoms with Gasteiger partial charge in [-0.3, -0.25) is 4.79 Å². The third-order valence-corrected chi connectivity index (χ3v) is 6.81. The molecule has 32 heavy (non-hydrogen) atoms. The lowest BCUT2D eigenvalue weighted by Crippen LogP contribution is -2.27. The largest absolute Gasteiger partial charge is 0.495 e. The minimum absolute atomic E-state index is 0.0347. The fourth-order valence-electron chi connectivity index (χ4n) is 4.75. The maximum atomic E-state index is 11.9. The van der Waals surface area contributed by atoms with Gasteiger partial charge in [-0.05, 0) is 38.4 Å². The summed E-state index contributed by atoms with van der Waals surface area (Å²) in [4.78, 5) is 14.1. The summed E-state index contributed by atoms with van der Waals surface area (Å²) in [6, 6.07) is 0. The maximum absolute atomic E-state index is 11.9. The second-order valence-corrected chi connectivity index (χ2v) is 9.16. The summed E-state index contributed by atoms with van der Waals surface area (Å²) in [5.74, 6) is 1.14. The van der Waals surface area contributed by atoms with Gasteiger partial charge in [-0.15, -0.1) is 0 Å². The molecule has 0 aromatic heterocycles. The third-order valence-electron chi connectivity index (χ3n) is 6.81. The molecule has 1 aliphatic heterocycles. The zero-order valence-electron chi connectivity index (χ0n) is 20.4. The Balaban J connectivity index is 1.69. The molecular formula is C26H45NO5. The van der Waals surface area contributed by atoms with Crippen LogP contribution in [-0.4, -0.2) is 65.6 Å². The monoisotopic (exact) mass is 451 g/mol. The van der Waals surface area contributed by atoms with E-state index in [4.69, 9.17) is 9.47 Å². The number of rotatable bonds is 15. The Labute approximate surface area is 194 Å². The van der Waals surface area contributed by atoms with Crippen molar-refractivity contribution in [2.75, 3.05) is 26.2 Å². The topological polar surface area (TPSA) is 79.2 Å². The molecule has 5 atom stereocenters. The molecule has 0 aromatic rings. The number of fused-ring (bicyclic) bond motifs is 1. The molecule has 2 rings (SSSR count). The summed E-state index contributed by atoms with van der Waals surface area (Å²) in [5.41, 5.74) is 0. The second-order valence-electron chi connectivity index (χ2n) is 9.16. The van der Waals surface area contributed by atoms with E-state index in [1.165, 1.54) is 0 Å². The van der Waals surface area contributed by atoms with Gasteiger partial charge in [-0.2, -0.15) is 0 Å². The van der Waals surface area contributed by atoms with Crippen LogP contribution in [0, 0.1) is 11.8 Å². The minimum Gasteiger partial charge on any atom is -0.495 e. The Morgan fingerprint density at radius 1 is 1.25 bits per heavy atom. The number of ether oxygens (including phenoxy) is 2. The Hall–Kier alpha value is -1.37. The van der Waals surface area contributed by atoms with Crippen molar-refractivity contribution >= 4 is 5.97 Å². The zero-order chi connectivity index (χ0) is 23.3. The number of aliphatic hydroxyl groups is 2. The van der Waals surface area contributed by atoms with Crippen LogP contribution in [0.1, 0.15) is 78.6 Å². The van der Waals surface area contributed by atoms with Crippen LogP contribution in [0.3, 0.4) is 0 Å². The molecule has 6 heteroatoms. The number of likely N-dealkylation sites (N-methyl/N-ethyl adjacent to an activating group) is 1. The fourth-order valence-corrected chi connectivity index (χ4v) is 4.75. The van der Waals surface area contributed by atoms with Crippen molar-refractivity contribution in [1.82, 2.24) is 4.90 Å². The smallest absolute Gasteiger partial charge is 0.305 e. The van der Waals surface area contributed by atoms with E-state index in [9.17, 15) is 15.0 Å². The molecule has 2 aliphatic rings. The molecule has 1 saturated heterocycles. The average Bonchev–Trinajstić information content (AvgIpc) is 3.29. The van der Waals surface area contributed by atoms with Crippen molar-refractivity contribution in [3.8, 4) is 0 Å². The lowest BCUT2D eigenvalue weighted by Gasteiger charge is -2.17. The van der Waals surface area contributed by atoms with Crippen LogP contribution in [0.5, 0.6) is 0 Å². The van der Waals surface area contributed by atoms with Crippen LogP contribution in [-0.2, 0) is 14.3 Å². The number of hydrogen-bond donors (Lipinski definition) is 2. The molecule has 0 bridgehead atoms. The van der Waals surface area contributed by atoms with Gasteiger partial charge in [0.1, 0.15) is 12.7 Å². The number of carbonyl (C=O) groups is 1. The Morgan fingerprint density at radius 2 is 2.03 bits per heavy atom. The highest BCUT2D eigenvalue weighted by Crippen LogP contribution is 2.45. The van der Waals surface area contributed by atoms with Crippen LogP contribution in [0.2, 0.25) is 0 Å². The molecule has 1 saturated carbocycles. The first-order valence-electron chi connectivity index (χ1n) is 12.8. The first-order valence-corrected chi connectivity index (χ1v) is 12.8. The number of carbonyl (C=O) groups excluding carboxylic acids is 1. The van der Waals surface area contributed by atoms with Gasteiger partial charge in [0.25, 0.3) is 0 Å². The predicted molar refractivity (Wildman–Crippen MR) is 127 cm³/mol. The summed E-state index contributed by atoms with van der Waals surface area (Å²) in [5, 5.41) is 20.6. The quantitative estimate of drug-likeness (QED) is 0.221. The van der Waals surface area contributed by atoms with Crippen molar-refractivity contribution in [2.45, 2.75) is 96.9 Å². The number of hydrogen-bond acceptors (Lipinski definition) is 6. The highest BCUT2D eigenvalue weighted by Gasteiger charge is 2.46. The minimum atomic E-state index is -0.433. The average molecular weight is 452 g/mol. The molecule has 0 spiro atoms. The van der Waals surface area contributed by atoms with Gasteiger partial charge in [0.05, 0.1) is 18.0 Å². The Bertz CT molecular complexity index is 601. The van der Waals surface area contributed by atoms with E-state index in [2.05, 4.69) is 31.7 Å². The standard InChI is InChI=1S/C26H45NO5/c1-4-7-8-11-20(28)14-15-22-23-18-21(32-25(23)19-24(22)29)12-9-10-13-26(30)31-17-16-27(5-2)6-3/h12,14-15,20,22-25,28-29H,4-11,13,16-19H2,1-3H3/b15-14+,21-12-/t20-,22+,23+,24+,25+/m0/s1. The lowest BCUT2D eigenvalue weighted by atomic mass is 9.90. The Kier molecular flexibility index (Phi) is 12.4. The summed E-state index contributed by atoms with van der Waals surface area (Å²) in [7, 11) is 0. The van der Waals surface area contributed by atoms with Gasteiger partial charge in [0.2, 0.25) is 0 Å². The van der Waals surface area contributed by atoms with Gasteiger partial charge in [0, 0.05) is 37.6 Å². The van der Waals surface area contributed by atoms with Crippen LogP contribution < -0.4 is 0 Å². The summed E-state index contributed by atoms with van der Waals surface area (Å²) in [6.07, 6.45) is 12.7. The van der Waals surface area contributed by atoms with Crippen molar-refractivity contribution in [3.63, 3.8) is 0 Å². The van der Waals surface area contributed by atoms with Gasteiger partial charge in [0.15, 0.2) is 0 Å². The van der Waals surface area contributed by atoms with E-state index in [-0.39, 0.29) is 23.9 Å². The highest BCUT2D eigenvalue weighted by molar-refractivity contribution is 5.69. The van der Waals surface area contributed by atoms with Crippen molar-refractivity contribution < 1.29 is 24.5 Å². The molecular weight excluding hydrogens is 406 g/mol.